The lowest BCUT2D eigenvalue weighted by Crippen LogP contribution is -2.43. The van der Waals surface area contributed by atoms with E-state index in [4.69, 9.17) is 5.73 Å². The van der Waals surface area contributed by atoms with E-state index >= 15 is 0 Å². The molecule has 0 aliphatic heterocycles. The molecule has 0 spiro atoms. The van der Waals surface area contributed by atoms with E-state index in [0.717, 1.165) is 11.4 Å². The average Bonchev–Trinajstić information content (AvgIpc) is 3.11. The van der Waals surface area contributed by atoms with Crippen molar-refractivity contribution in [3.05, 3.63) is 68.6 Å². The lowest BCUT2D eigenvalue weighted by Gasteiger charge is -2.25. The van der Waals surface area contributed by atoms with Crippen LogP contribution in [0.2, 0.25) is 0 Å². The van der Waals surface area contributed by atoms with Crippen molar-refractivity contribution in [1.82, 2.24) is 19.3 Å². The van der Waals surface area contributed by atoms with Crippen molar-refractivity contribution in [1.29, 1.82) is 0 Å². The summed E-state index contributed by atoms with van der Waals surface area (Å²) in [7, 11) is 0. The molecule has 0 radical (unpaired) electrons. The van der Waals surface area contributed by atoms with Crippen LogP contribution < -0.4 is 21.9 Å². The van der Waals surface area contributed by atoms with Crippen LogP contribution in [-0.2, 0) is 6.54 Å². The summed E-state index contributed by atoms with van der Waals surface area (Å²) in [5.74, 6) is -0.322. The topological polar surface area (TPSA) is 119 Å². The van der Waals surface area contributed by atoms with Crippen molar-refractivity contribution < 1.29 is 4.79 Å². The number of hydrogen-bond acceptors (Lipinski definition) is 5. The summed E-state index contributed by atoms with van der Waals surface area (Å²) in [4.78, 5) is 42.3. The Bertz CT molecular complexity index is 1220. The summed E-state index contributed by atoms with van der Waals surface area (Å²) < 4.78 is 2.98. The van der Waals surface area contributed by atoms with Crippen molar-refractivity contribution in [3.8, 4) is 5.69 Å². The number of aromatic nitrogens is 4. The monoisotopic (exact) mass is 438 g/mol. The van der Waals surface area contributed by atoms with Crippen LogP contribution in [0.5, 0.6) is 0 Å². The molecule has 0 atom stereocenters. The van der Waals surface area contributed by atoms with Crippen molar-refractivity contribution in [3.63, 3.8) is 0 Å². The Hall–Kier alpha value is -3.62. The van der Waals surface area contributed by atoms with E-state index in [1.807, 2.05) is 65.0 Å². The summed E-state index contributed by atoms with van der Waals surface area (Å²) in [6.45, 7) is 10.2. The highest BCUT2D eigenvalue weighted by atomic mass is 16.2. The first-order chi connectivity index (χ1) is 15.1. The highest BCUT2D eigenvalue weighted by Gasteiger charge is 2.28. The van der Waals surface area contributed by atoms with Crippen LogP contribution in [0.15, 0.2) is 46.0 Å². The molecule has 3 N–H and O–H groups in total. The van der Waals surface area contributed by atoms with Gasteiger partial charge in [0.05, 0.1) is 5.69 Å². The first kappa shape index (κ1) is 23.1. The third-order valence-electron chi connectivity index (χ3n) is 4.93. The maximum Gasteiger partial charge on any atom is 0.330 e. The summed E-state index contributed by atoms with van der Waals surface area (Å²) in [6, 6.07) is 11.1. The van der Waals surface area contributed by atoms with Crippen LogP contribution in [0.4, 0.5) is 11.5 Å². The van der Waals surface area contributed by atoms with Crippen molar-refractivity contribution in [2.45, 2.75) is 41.2 Å². The van der Waals surface area contributed by atoms with Gasteiger partial charge in [-0.2, -0.15) is 5.10 Å². The molecule has 1 aromatic carbocycles. The molecule has 9 heteroatoms. The summed E-state index contributed by atoms with van der Waals surface area (Å²) in [5, 5.41) is 4.49. The van der Waals surface area contributed by atoms with E-state index in [0.29, 0.717) is 6.54 Å². The molecule has 0 aliphatic carbocycles. The third-order valence-corrected chi connectivity index (χ3v) is 4.93. The molecule has 2 aromatic heterocycles. The summed E-state index contributed by atoms with van der Waals surface area (Å²) in [5.41, 5.74) is 6.74. The van der Waals surface area contributed by atoms with Gasteiger partial charge in [-0.1, -0.05) is 45.9 Å². The molecule has 9 nitrogen and oxygen atoms in total. The Morgan fingerprint density at radius 2 is 1.78 bits per heavy atom. The predicted molar refractivity (Wildman–Crippen MR) is 125 cm³/mol. The number of amides is 1. The molecule has 170 valence electrons. The number of nitrogens with two attached hydrogens (primary N) is 1. The number of anilines is 2. The molecular formula is C23H30N6O3. The smallest absolute Gasteiger partial charge is 0.330 e. The Kier molecular flexibility index (Phi) is 6.67. The van der Waals surface area contributed by atoms with Gasteiger partial charge in [0.2, 0.25) is 0 Å². The first-order valence-corrected chi connectivity index (χ1v) is 10.7. The van der Waals surface area contributed by atoms with Crippen LogP contribution in [-0.4, -0.2) is 31.8 Å². The first-order valence-electron chi connectivity index (χ1n) is 10.7. The normalized spacial score (nSPS) is 11.3. The Balaban J connectivity index is 2.12. The number of carbonyl (C=O) groups is 1. The van der Waals surface area contributed by atoms with E-state index in [1.54, 1.807) is 10.7 Å². The molecule has 0 bridgehead atoms. The number of carbonyl (C=O) groups excluding carboxylic acids is 1. The molecule has 2 heterocycles. The van der Waals surface area contributed by atoms with Crippen LogP contribution in [0.1, 0.15) is 43.9 Å². The molecule has 1 amide bonds. The lowest BCUT2D eigenvalue weighted by molar-refractivity contribution is 0.0978. The number of rotatable bonds is 7. The van der Waals surface area contributed by atoms with Crippen LogP contribution >= 0.6 is 0 Å². The number of para-hydroxylation sites is 1. The van der Waals surface area contributed by atoms with E-state index in [9.17, 15) is 14.4 Å². The minimum atomic E-state index is -0.694. The van der Waals surface area contributed by atoms with E-state index < -0.39 is 17.2 Å². The fourth-order valence-electron chi connectivity index (χ4n) is 3.57. The zero-order chi connectivity index (χ0) is 23.6. The predicted octanol–water partition coefficient (Wildman–Crippen LogP) is 2.57. The molecule has 0 aliphatic rings. The minimum Gasteiger partial charge on any atom is -0.383 e. The molecule has 32 heavy (non-hydrogen) atoms. The van der Waals surface area contributed by atoms with Crippen LogP contribution in [0.3, 0.4) is 0 Å². The Morgan fingerprint density at radius 3 is 2.38 bits per heavy atom. The third kappa shape index (κ3) is 4.66. The second-order valence-electron chi connectivity index (χ2n) is 8.73. The van der Waals surface area contributed by atoms with Gasteiger partial charge in [0.15, 0.2) is 11.4 Å². The maximum absolute atomic E-state index is 13.6. The highest BCUT2D eigenvalue weighted by molar-refractivity contribution is 6.06. The van der Waals surface area contributed by atoms with Crippen molar-refractivity contribution >= 4 is 17.4 Å². The largest absolute Gasteiger partial charge is 0.383 e. The number of aryl methyl sites for hydroxylation is 1. The van der Waals surface area contributed by atoms with Gasteiger partial charge in [-0.25, -0.2) is 9.48 Å². The quantitative estimate of drug-likeness (QED) is 0.588. The maximum atomic E-state index is 13.6. The number of nitrogens with zero attached hydrogens (tertiary/aromatic N) is 4. The second-order valence-corrected chi connectivity index (χ2v) is 8.73. The van der Waals surface area contributed by atoms with Gasteiger partial charge >= 0.3 is 5.69 Å². The zero-order valence-electron chi connectivity index (χ0n) is 19.1. The number of benzene rings is 1. The average molecular weight is 439 g/mol. The van der Waals surface area contributed by atoms with Gasteiger partial charge in [-0.05, 0) is 37.0 Å². The van der Waals surface area contributed by atoms with Crippen LogP contribution in [0, 0.1) is 18.8 Å². The van der Waals surface area contributed by atoms with Gasteiger partial charge in [-0.3, -0.25) is 24.0 Å². The molecule has 0 unspecified atom stereocenters. The fraction of sp³-hybridized carbons (Fsp3) is 0.391. The lowest BCUT2D eigenvalue weighted by atomic mass is 10.1. The fourth-order valence-corrected chi connectivity index (χ4v) is 3.57. The van der Waals surface area contributed by atoms with Crippen LogP contribution in [0.25, 0.3) is 5.69 Å². The molecule has 0 saturated heterocycles. The van der Waals surface area contributed by atoms with Gasteiger partial charge < -0.3 is 5.73 Å². The Labute approximate surface area is 186 Å². The molecule has 0 fully saturated rings. The van der Waals surface area contributed by atoms with E-state index in [1.165, 1.54) is 9.47 Å². The highest BCUT2D eigenvalue weighted by Crippen LogP contribution is 2.22. The van der Waals surface area contributed by atoms with E-state index in [2.05, 4.69) is 10.1 Å². The SMILES string of the molecule is Cc1cc(C(=O)N(CC(C)C)c2c(N)n(CC(C)C)c(=O)[nH]c2=O)nn1-c1ccccc1. The molecule has 3 rings (SSSR count). The molecule has 0 saturated carbocycles. The number of hydrogen-bond donors (Lipinski definition) is 2. The number of aromatic amines is 1. The van der Waals surface area contributed by atoms with Gasteiger partial charge in [0.25, 0.3) is 11.5 Å². The van der Waals surface area contributed by atoms with Gasteiger partial charge in [-0.15, -0.1) is 0 Å². The van der Waals surface area contributed by atoms with Crippen molar-refractivity contribution in [2.75, 3.05) is 17.2 Å². The van der Waals surface area contributed by atoms with Gasteiger partial charge in [0, 0.05) is 18.8 Å². The molecule has 3 aromatic rings. The van der Waals surface area contributed by atoms with Gasteiger partial charge in [0.1, 0.15) is 5.82 Å². The summed E-state index contributed by atoms with van der Waals surface area (Å²) in [6.07, 6.45) is 0. The standard InChI is InChI=1S/C23H30N6O3/c1-14(2)12-27(19-20(24)28(13-15(3)4)23(32)25-21(19)30)22(31)18-11-16(5)29(26-18)17-9-7-6-8-10-17/h6-11,14-15H,12-13,24H2,1-5H3,(H,25,30,32). The van der Waals surface area contributed by atoms with Crippen molar-refractivity contribution in [2.24, 2.45) is 11.8 Å². The Morgan fingerprint density at radius 1 is 1.12 bits per heavy atom. The zero-order valence-corrected chi connectivity index (χ0v) is 19.1. The second kappa shape index (κ2) is 9.25. The van der Waals surface area contributed by atoms with E-state index in [-0.39, 0.29) is 35.6 Å². The molecular weight excluding hydrogens is 408 g/mol. The number of H-pyrrole nitrogens is 1. The number of nitrogens with one attached hydrogen (secondary N) is 1. The number of nitrogen functional groups attached to an aromatic ring is 1. The minimum absolute atomic E-state index is 0.0272. The summed E-state index contributed by atoms with van der Waals surface area (Å²) >= 11 is 0.